The number of carbonyl (C=O) groups is 12. The Kier molecular flexibility index (Phi) is 31.9. The average molecular weight is 1510 g/mol. The van der Waals surface area contributed by atoms with Crippen LogP contribution in [-0.4, -0.2) is 283 Å². The van der Waals surface area contributed by atoms with Crippen LogP contribution in [0, 0.1) is 41.4 Å². The molecule has 26 nitrogen and oxygen atoms in total. The van der Waals surface area contributed by atoms with Crippen LogP contribution in [0.1, 0.15) is 203 Å². The Hall–Kier alpha value is -6.91. The Bertz CT molecular complexity index is 3140. The number of likely N-dealkylation sites (N-methyl/N-ethyl adjacent to an activating group) is 7. The normalized spacial score (nSPS) is 31.3. The quantitative estimate of drug-likeness (QED) is 0.143. The number of hydrogen-bond acceptors (Lipinski definition) is 14. The van der Waals surface area contributed by atoms with Crippen molar-refractivity contribution in [1.82, 2.24) is 60.0 Å². The first-order valence-electron chi connectivity index (χ1n) is 39.8. The molecule has 2 bridgehead atoms. The highest BCUT2D eigenvalue weighted by atomic mass is 19.4. The minimum absolute atomic E-state index is 0.00383. The molecule has 2 saturated heterocycles. The highest BCUT2D eigenvalue weighted by Crippen LogP contribution is 2.44. The number of nitrogens with zero attached hydrogens (tertiary/aromatic N) is 9. The lowest BCUT2D eigenvalue weighted by Crippen LogP contribution is -2.68. The smallest absolute Gasteiger partial charge is 0.381 e. The molecule has 12 amide bonds. The lowest BCUT2D eigenvalue weighted by atomic mass is 9.74. The van der Waals surface area contributed by atoms with Crippen LogP contribution < -0.4 is 16.0 Å². The Morgan fingerprint density at radius 1 is 0.664 bits per heavy atom. The van der Waals surface area contributed by atoms with Gasteiger partial charge in [-0.25, -0.2) is 0 Å². The first-order valence-corrected chi connectivity index (χ1v) is 39.8. The molecular formula is C78H127F3N12O14. The predicted octanol–water partition coefficient (Wildman–Crippen LogP) is 6.32. The third-order valence-corrected chi connectivity index (χ3v) is 24.7. The highest BCUT2D eigenvalue weighted by Gasteiger charge is 2.55. The van der Waals surface area contributed by atoms with E-state index >= 15 is 33.6 Å². The van der Waals surface area contributed by atoms with Gasteiger partial charge in [0.15, 0.2) is 0 Å². The second-order valence-corrected chi connectivity index (χ2v) is 32.5. The maximum atomic E-state index is 15.7. The molecule has 0 radical (unpaired) electrons. The molecule has 3 aliphatic heterocycles. The molecule has 4 aliphatic carbocycles. The molecule has 4 saturated carbocycles. The molecule has 604 valence electrons. The zero-order valence-corrected chi connectivity index (χ0v) is 66.6. The van der Waals surface area contributed by atoms with E-state index in [1.54, 1.807) is 33.8 Å². The summed E-state index contributed by atoms with van der Waals surface area (Å²) in [6.45, 7) is 14.2. The maximum absolute atomic E-state index is 15.7. The van der Waals surface area contributed by atoms with Crippen LogP contribution in [0.15, 0.2) is 12.2 Å². The molecule has 7 rings (SSSR count). The number of halogens is 3. The fourth-order valence-electron chi connectivity index (χ4n) is 17.5. The van der Waals surface area contributed by atoms with Gasteiger partial charge in [-0.2, -0.15) is 13.2 Å². The van der Waals surface area contributed by atoms with Crippen molar-refractivity contribution in [3.63, 3.8) is 0 Å². The SMILES string of the molecule is CCO[C@@H]1C[C@H]2C(=O)NC3(CCC3)C(=O)N(C)[C@@H](C3CCCC3)C(=O)N(C)[C@H](C(=O)N(CC)CC)CC(=O)N(C)[C@@H](CC(C)C)C(=O)N[C@@H]([C@@H](C)CC)C(=O)N(C)CC(=O)N(C)[C@H]3C/C=C\CCN(C3=O)[C@@H](CC3CCC(C)CC3)C(=O)N(C)CC(=O)N[C@@H](CCC3CCC(C(F)(F)F)C(OC)C3)C(=O)N2C1. The van der Waals surface area contributed by atoms with Gasteiger partial charge in [-0.05, 0) is 146 Å². The summed E-state index contributed by atoms with van der Waals surface area (Å²) in [6.07, 6.45) is 4.46. The third kappa shape index (κ3) is 21.6. The summed E-state index contributed by atoms with van der Waals surface area (Å²) in [4.78, 5) is 195. The van der Waals surface area contributed by atoms with Gasteiger partial charge in [0.2, 0.25) is 70.9 Å². The van der Waals surface area contributed by atoms with Gasteiger partial charge in [0.1, 0.15) is 53.9 Å². The number of fused-ring (bicyclic) bond motifs is 3. The van der Waals surface area contributed by atoms with Crippen molar-refractivity contribution in [3.8, 4) is 0 Å². The van der Waals surface area contributed by atoms with Gasteiger partial charge in [-0.1, -0.05) is 91.7 Å². The van der Waals surface area contributed by atoms with E-state index in [4.69, 9.17) is 9.47 Å². The zero-order valence-electron chi connectivity index (χ0n) is 66.6. The van der Waals surface area contributed by atoms with Gasteiger partial charge < -0.3 is 69.5 Å². The average Bonchev–Trinajstić information content (AvgIpc) is 1.51. The van der Waals surface area contributed by atoms with E-state index in [9.17, 15) is 37.1 Å². The van der Waals surface area contributed by atoms with Crippen LogP contribution in [0.3, 0.4) is 0 Å². The second-order valence-electron chi connectivity index (χ2n) is 32.5. The van der Waals surface area contributed by atoms with Crippen molar-refractivity contribution in [2.75, 3.05) is 95.3 Å². The van der Waals surface area contributed by atoms with E-state index in [0.29, 0.717) is 38.0 Å². The lowest BCUT2D eigenvalue weighted by Gasteiger charge is -2.47. The summed E-state index contributed by atoms with van der Waals surface area (Å²) in [5.41, 5.74) is -1.58. The second kappa shape index (κ2) is 39.1. The minimum Gasteiger partial charge on any atom is -0.381 e. The number of amides is 12. The van der Waals surface area contributed by atoms with E-state index in [0.717, 1.165) is 38.5 Å². The molecule has 13 atom stereocenters. The number of methoxy groups -OCH3 is 1. The van der Waals surface area contributed by atoms with E-state index in [1.165, 1.54) is 93.5 Å². The molecule has 29 heteroatoms. The van der Waals surface area contributed by atoms with Crippen LogP contribution in [0.5, 0.6) is 0 Å². The Labute approximate surface area is 632 Å². The molecular weight excluding hydrogens is 1390 g/mol. The molecule has 0 aromatic rings. The Morgan fingerprint density at radius 2 is 1.31 bits per heavy atom. The minimum atomic E-state index is -4.52. The summed E-state index contributed by atoms with van der Waals surface area (Å²) in [5, 5.41) is 8.88. The van der Waals surface area contributed by atoms with Gasteiger partial charge in [0.25, 0.3) is 0 Å². The van der Waals surface area contributed by atoms with Crippen molar-refractivity contribution in [3.05, 3.63) is 12.2 Å². The molecule has 1 spiro atoms. The van der Waals surface area contributed by atoms with Crippen molar-refractivity contribution in [2.45, 2.75) is 275 Å². The largest absolute Gasteiger partial charge is 0.394 e. The van der Waals surface area contributed by atoms with Crippen molar-refractivity contribution >= 4 is 70.9 Å². The van der Waals surface area contributed by atoms with Gasteiger partial charge >= 0.3 is 6.18 Å². The van der Waals surface area contributed by atoms with E-state index < -0.39 is 180 Å². The first-order chi connectivity index (χ1) is 50.6. The van der Waals surface area contributed by atoms with Crippen molar-refractivity contribution < 1.29 is 80.2 Å². The first kappa shape index (κ1) is 87.3. The van der Waals surface area contributed by atoms with Gasteiger partial charge in [0, 0.05) is 88.6 Å². The van der Waals surface area contributed by atoms with Crippen LogP contribution in [0.25, 0.3) is 0 Å². The topological polar surface area (TPSA) is 289 Å². The van der Waals surface area contributed by atoms with E-state index in [1.807, 2.05) is 26.8 Å². The molecule has 0 aromatic carbocycles. The number of alkyl halides is 3. The van der Waals surface area contributed by atoms with E-state index in [-0.39, 0.29) is 121 Å². The Morgan fingerprint density at radius 3 is 1.90 bits per heavy atom. The number of nitrogens with one attached hydrogen (secondary N) is 3. The Balaban J connectivity index is 1.33. The highest BCUT2D eigenvalue weighted by molar-refractivity contribution is 6.01. The number of rotatable bonds is 16. The molecule has 3 N–H and O–H groups in total. The maximum Gasteiger partial charge on any atom is 0.394 e. The van der Waals surface area contributed by atoms with Gasteiger partial charge in [-0.15, -0.1) is 0 Å². The molecule has 3 unspecified atom stereocenters. The lowest BCUT2D eigenvalue weighted by molar-refractivity contribution is -0.215. The monoisotopic (exact) mass is 1510 g/mol. The summed E-state index contributed by atoms with van der Waals surface area (Å²) >= 11 is 0. The summed E-state index contributed by atoms with van der Waals surface area (Å²) in [7, 11) is 9.90. The van der Waals surface area contributed by atoms with E-state index in [2.05, 4.69) is 22.9 Å². The third-order valence-electron chi connectivity index (χ3n) is 24.7. The summed E-state index contributed by atoms with van der Waals surface area (Å²) in [5.74, 6) is -10.4. The fraction of sp³-hybridized carbons (Fsp3) is 0.821. The molecule has 7 aliphatic rings. The number of hydrogen-bond donors (Lipinski definition) is 3. The predicted molar refractivity (Wildman–Crippen MR) is 396 cm³/mol. The van der Waals surface area contributed by atoms with Crippen LogP contribution in [0.4, 0.5) is 13.2 Å². The summed E-state index contributed by atoms with van der Waals surface area (Å²) < 4.78 is 54.5. The van der Waals surface area contributed by atoms with Crippen LogP contribution >= 0.6 is 0 Å². The fourth-order valence-corrected chi connectivity index (χ4v) is 17.5. The van der Waals surface area contributed by atoms with Crippen LogP contribution in [0.2, 0.25) is 0 Å². The molecule has 0 aromatic heterocycles. The van der Waals surface area contributed by atoms with Crippen molar-refractivity contribution in [2.24, 2.45) is 41.4 Å². The summed E-state index contributed by atoms with van der Waals surface area (Å²) in [6, 6.07) is -10.1. The van der Waals surface area contributed by atoms with Crippen LogP contribution in [-0.2, 0) is 67.0 Å². The van der Waals surface area contributed by atoms with Gasteiger partial charge in [0.05, 0.1) is 37.6 Å². The molecule has 107 heavy (non-hydrogen) atoms. The van der Waals surface area contributed by atoms with Crippen molar-refractivity contribution in [1.29, 1.82) is 0 Å². The molecule has 6 fully saturated rings. The molecule has 3 heterocycles. The zero-order chi connectivity index (χ0) is 79.1. The number of ether oxygens (including phenoxy) is 2. The number of carbonyl (C=O) groups excluding carboxylic acids is 12. The standard InChI is InChI=1S/C78H127F3N12O14/c1-16-50(8)66-74(103)86(10)47-65(96)87(11)57-28-21-20-24-39-92(73(57)102)61(41-51-31-29-49(7)30-32-51)71(100)85(9)46-63(94)82-56(36-34-52-33-35-55(78(79,80)81)62(42-52)106-15)70(99)93-45-54(107-19-4)43-59(93)69(98)84-77(37-25-38-77)76(105)90(14)67(53-26-22-23-27-53)75(104)89(13)60(72(101)91(17-2)18-3)44-64(95)88(12)58(40-48(5)6)68(97)83-66/h20-21,48-62,66-67H,16-19,22-47H2,1-15H3,(H,82,94)(H,83,97)(H,84,98)/b21-20-/t49?,50-,51?,52?,54+,55?,56-,57-,58-,59-,60-,61-,62?,66-,67-/m0/s1. The van der Waals surface area contributed by atoms with Gasteiger partial charge in [-0.3, -0.25) is 57.5 Å².